The SMILES string of the molecule is CN(Cc1ccccn1)C1CCC(C#N)CC1. The van der Waals surface area contributed by atoms with Gasteiger partial charge in [0.15, 0.2) is 0 Å². The molecule has 0 bridgehead atoms. The Labute approximate surface area is 103 Å². The highest BCUT2D eigenvalue weighted by Crippen LogP contribution is 2.26. The monoisotopic (exact) mass is 229 g/mol. The largest absolute Gasteiger partial charge is 0.298 e. The van der Waals surface area contributed by atoms with E-state index in [0.29, 0.717) is 6.04 Å². The van der Waals surface area contributed by atoms with Crippen molar-refractivity contribution in [3.05, 3.63) is 30.1 Å². The number of hydrogen-bond acceptors (Lipinski definition) is 3. The Bertz CT molecular complexity index is 374. The van der Waals surface area contributed by atoms with Crippen LogP contribution >= 0.6 is 0 Å². The molecule has 0 atom stereocenters. The fourth-order valence-electron chi connectivity index (χ4n) is 2.52. The van der Waals surface area contributed by atoms with Crippen LogP contribution < -0.4 is 0 Å². The lowest BCUT2D eigenvalue weighted by Crippen LogP contribution is -2.34. The molecule has 90 valence electrons. The van der Waals surface area contributed by atoms with Gasteiger partial charge in [0.25, 0.3) is 0 Å². The van der Waals surface area contributed by atoms with Gasteiger partial charge >= 0.3 is 0 Å². The highest BCUT2D eigenvalue weighted by molar-refractivity contribution is 5.03. The Balaban J connectivity index is 1.85. The molecule has 0 aromatic carbocycles. The zero-order valence-corrected chi connectivity index (χ0v) is 10.3. The van der Waals surface area contributed by atoms with Gasteiger partial charge in [0.1, 0.15) is 0 Å². The Morgan fingerprint density at radius 1 is 1.35 bits per heavy atom. The fraction of sp³-hybridized carbons (Fsp3) is 0.571. The molecule has 1 aromatic heterocycles. The van der Waals surface area contributed by atoms with E-state index in [1.165, 1.54) is 0 Å². The van der Waals surface area contributed by atoms with Crippen LogP contribution in [0.1, 0.15) is 31.4 Å². The van der Waals surface area contributed by atoms with Gasteiger partial charge in [-0.25, -0.2) is 0 Å². The van der Waals surface area contributed by atoms with Crippen LogP contribution in [0, 0.1) is 17.2 Å². The summed E-state index contributed by atoms with van der Waals surface area (Å²) < 4.78 is 0. The number of pyridine rings is 1. The lowest BCUT2D eigenvalue weighted by molar-refractivity contribution is 0.170. The quantitative estimate of drug-likeness (QED) is 0.799. The zero-order valence-electron chi connectivity index (χ0n) is 10.3. The molecule has 17 heavy (non-hydrogen) atoms. The molecule has 0 saturated heterocycles. The van der Waals surface area contributed by atoms with E-state index in [-0.39, 0.29) is 5.92 Å². The summed E-state index contributed by atoms with van der Waals surface area (Å²) in [7, 11) is 2.16. The van der Waals surface area contributed by atoms with Crippen molar-refractivity contribution in [2.24, 2.45) is 5.92 Å². The molecule has 1 heterocycles. The minimum absolute atomic E-state index is 0.287. The first-order valence-electron chi connectivity index (χ1n) is 6.29. The minimum atomic E-state index is 0.287. The van der Waals surface area contributed by atoms with E-state index in [0.717, 1.165) is 37.9 Å². The molecule has 1 saturated carbocycles. The molecule has 3 nitrogen and oxygen atoms in total. The minimum Gasteiger partial charge on any atom is -0.298 e. The first-order chi connectivity index (χ1) is 8.29. The standard InChI is InChI=1S/C14H19N3/c1-17(11-13-4-2-3-9-16-13)14-7-5-12(10-15)6-8-14/h2-4,9,12,14H,5-8,11H2,1H3. The number of nitriles is 1. The molecule has 0 amide bonds. The molecule has 0 aliphatic heterocycles. The molecule has 0 N–H and O–H groups in total. The van der Waals surface area contributed by atoms with Crippen LogP contribution in [-0.4, -0.2) is 23.0 Å². The summed E-state index contributed by atoms with van der Waals surface area (Å²) in [5.41, 5.74) is 1.12. The van der Waals surface area contributed by atoms with Gasteiger partial charge in [0.05, 0.1) is 11.8 Å². The van der Waals surface area contributed by atoms with Crippen LogP contribution in [0.5, 0.6) is 0 Å². The lowest BCUT2D eigenvalue weighted by Gasteiger charge is -2.32. The maximum absolute atomic E-state index is 8.88. The van der Waals surface area contributed by atoms with Crippen molar-refractivity contribution in [2.45, 2.75) is 38.3 Å². The molecule has 1 fully saturated rings. The molecule has 1 aromatic rings. The van der Waals surface area contributed by atoms with Crippen LogP contribution in [0.2, 0.25) is 0 Å². The molecular formula is C14H19N3. The van der Waals surface area contributed by atoms with Crippen molar-refractivity contribution in [2.75, 3.05) is 7.05 Å². The van der Waals surface area contributed by atoms with E-state index >= 15 is 0 Å². The van der Waals surface area contributed by atoms with Crippen molar-refractivity contribution in [3.8, 4) is 6.07 Å². The van der Waals surface area contributed by atoms with Gasteiger partial charge in [-0.3, -0.25) is 9.88 Å². The summed E-state index contributed by atoms with van der Waals surface area (Å²) in [6.45, 7) is 0.905. The number of nitrogens with zero attached hydrogens (tertiary/aromatic N) is 3. The maximum atomic E-state index is 8.88. The van der Waals surface area contributed by atoms with Gasteiger partial charge in [-0.15, -0.1) is 0 Å². The van der Waals surface area contributed by atoms with Gasteiger partial charge < -0.3 is 0 Å². The van der Waals surface area contributed by atoms with Crippen LogP contribution in [0.3, 0.4) is 0 Å². The van der Waals surface area contributed by atoms with Crippen LogP contribution in [0.4, 0.5) is 0 Å². The molecule has 0 radical (unpaired) electrons. The third kappa shape index (κ3) is 3.28. The van der Waals surface area contributed by atoms with Crippen LogP contribution in [-0.2, 0) is 6.54 Å². The average Bonchev–Trinajstić information content (AvgIpc) is 2.40. The van der Waals surface area contributed by atoms with Crippen molar-refractivity contribution in [3.63, 3.8) is 0 Å². The topological polar surface area (TPSA) is 39.9 Å². The Morgan fingerprint density at radius 2 is 2.12 bits per heavy atom. The number of aromatic nitrogens is 1. The Morgan fingerprint density at radius 3 is 2.71 bits per heavy atom. The van der Waals surface area contributed by atoms with Crippen LogP contribution in [0.15, 0.2) is 24.4 Å². The summed E-state index contributed by atoms with van der Waals surface area (Å²) >= 11 is 0. The van der Waals surface area contributed by atoms with E-state index in [1.807, 2.05) is 18.3 Å². The molecule has 0 spiro atoms. The second kappa shape index (κ2) is 5.79. The van der Waals surface area contributed by atoms with E-state index in [4.69, 9.17) is 5.26 Å². The molecule has 3 heteroatoms. The molecule has 2 rings (SSSR count). The predicted octanol–water partition coefficient (Wildman–Crippen LogP) is 2.60. The highest BCUT2D eigenvalue weighted by atomic mass is 15.1. The van der Waals surface area contributed by atoms with E-state index in [1.54, 1.807) is 0 Å². The van der Waals surface area contributed by atoms with E-state index in [2.05, 4.69) is 29.1 Å². The van der Waals surface area contributed by atoms with Crippen molar-refractivity contribution in [1.29, 1.82) is 5.26 Å². The lowest BCUT2D eigenvalue weighted by atomic mass is 9.86. The smallest absolute Gasteiger partial charge is 0.0655 e. The fourth-order valence-corrected chi connectivity index (χ4v) is 2.52. The molecular weight excluding hydrogens is 210 g/mol. The second-order valence-corrected chi connectivity index (χ2v) is 4.87. The number of rotatable bonds is 3. The Hall–Kier alpha value is -1.40. The van der Waals surface area contributed by atoms with Gasteiger partial charge in [0, 0.05) is 24.7 Å². The van der Waals surface area contributed by atoms with Gasteiger partial charge in [-0.05, 0) is 44.9 Å². The summed E-state index contributed by atoms with van der Waals surface area (Å²) in [5.74, 6) is 0.287. The molecule has 1 aliphatic carbocycles. The normalized spacial score (nSPS) is 24.5. The van der Waals surface area contributed by atoms with Gasteiger partial charge in [0.2, 0.25) is 0 Å². The second-order valence-electron chi connectivity index (χ2n) is 4.87. The van der Waals surface area contributed by atoms with Crippen molar-refractivity contribution >= 4 is 0 Å². The van der Waals surface area contributed by atoms with Gasteiger partial charge in [-0.1, -0.05) is 6.07 Å². The zero-order chi connectivity index (χ0) is 12.1. The molecule has 1 aliphatic rings. The first kappa shape index (κ1) is 12.1. The van der Waals surface area contributed by atoms with E-state index in [9.17, 15) is 0 Å². The highest BCUT2D eigenvalue weighted by Gasteiger charge is 2.23. The maximum Gasteiger partial charge on any atom is 0.0655 e. The summed E-state index contributed by atoms with van der Waals surface area (Å²) in [6.07, 6.45) is 6.22. The third-order valence-corrected chi connectivity index (χ3v) is 3.64. The summed E-state index contributed by atoms with van der Waals surface area (Å²) in [4.78, 5) is 6.72. The van der Waals surface area contributed by atoms with Crippen molar-refractivity contribution in [1.82, 2.24) is 9.88 Å². The summed E-state index contributed by atoms with van der Waals surface area (Å²) in [5, 5.41) is 8.88. The van der Waals surface area contributed by atoms with Crippen molar-refractivity contribution < 1.29 is 0 Å². The van der Waals surface area contributed by atoms with Gasteiger partial charge in [-0.2, -0.15) is 5.26 Å². The third-order valence-electron chi connectivity index (χ3n) is 3.64. The molecule has 0 unspecified atom stereocenters. The van der Waals surface area contributed by atoms with E-state index < -0.39 is 0 Å². The summed E-state index contributed by atoms with van der Waals surface area (Å²) in [6, 6.07) is 9.04. The van der Waals surface area contributed by atoms with Crippen LogP contribution in [0.25, 0.3) is 0 Å². The first-order valence-corrected chi connectivity index (χ1v) is 6.29. The Kier molecular flexibility index (Phi) is 4.11. The number of hydrogen-bond donors (Lipinski definition) is 0. The average molecular weight is 229 g/mol. The predicted molar refractivity (Wildman–Crippen MR) is 67.1 cm³/mol.